The third-order valence-electron chi connectivity index (χ3n) is 5.39. The normalized spacial score (nSPS) is 17.9. The second kappa shape index (κ2) is 8.20. The first-order valence-electron chi connectivity index (χ1n) is 10.2. The van der Waals surface area contributed by atoms with Crippen LogP contribution in [0.1, 0.15) is 61.4 Å². The van der Waals surface area contributed by atoms with Gasteiger partial charge in [0.05, 0.1) is 23.1 Å². The van der Waals surface area contributed by atoms with Gasteiger partial charge in [0.1, 0.15) is 0 Å². The standard InChI is InChI=1S/C21H28N6OS/c1-13(2)27-19-16(9-22-27)8-18(15(4)23-19)20(28)25-21-24-17(12-29-21)11-26-7-5-6-14(3)10-26/h8-9,12-14H,5-7,10-11H2,1-4H3,(H,24,25,28)/t14-/m1/s1. The van der Waals surface area contributed by atoms with Gasteiger partial charge in [-0.15, -0.1) is 11.3 Å². The highest BCUT2D eigenvalue weighted by Gasteiger charge is 2.19. The average molecular weight is 413 g/mol. The number of nitrogens with one attached hydrogen (secondary N) is 1. The summed E-state index contributed by atoms with van der Waals surface area (Å²) in [6.45, 7) is 11.4. The van der Waals surface area contributed by atoms with Crippen LogP contribution in [0, 0.1) is 12.8 Å². The number of hydrogen-bond acceptors (Lipinski definition) is 6. The molecule has 154 valence electrons. The maximum absolute atomic E-state index is 12.8. The number of pyridine rings is 1. The van der Waals surface area contributed by atoms with Crippen molar-refractivity contribution in [1.82, 2.24) is 24.6 Å². The van der Waals surface area contributed by atoms with Crippen molar-refractivity contribution in [2.45, 2.75) is 53.1 Å². The molecule has 29 heavy (non-hydrogen) atoms. The van der Waals surface area contributed by atoms with E-state index in [2.05, 4.69) is 46.1 Å². The molecular formula is C21H28N6OS. The Morgan fingerprint density at radius 2 is 2.21 bits per heavy atom. The predicted octanol–water partition coefficient (Wildman–Crippen LogP) is 4.26. The largest absolute Gasteiger partial charge is 0.298 e. The van der Waals surface area contributed by atoms with Gasteiger partial charge in [0.15, 0.2) is 10.8 Å². The Bertz CT molecular complexity index is 1020. The fraction of sp³-hybridized carbons (Fsp3) is 0.524. The summed E-state index contributed by atoms with van der Waals surface area (Å²) in [4.78, 5) is 24.5. The van der Waals surface area contributed by atoms with Gasteiger partial charge in [0.2, 0.25) is 0 Å². The van der Waals surface area contributed by atoms with Crippen molar-refractivity contribution < 1.29 is 4.79 Å². The third kappa shape index (κ3) is 4.33. The Hall–Kier alpha value is -2.32. The highest BCUT2D eigenvalue weighted by Crippen LogP contribution is 2.23. The van der Waals surface area contributed by atoms with Crippen molar-refractivity contribution in [2.75, 3.05) is 18.4 Å². The zero-order valence-electron chi connectivity index (χ0n) is 17.5. The first-order valence-corrected chi connectivity index (χ1v) is 11.1. The van der Waals surface area contributed by atoms with Crippen LogP contribution >= 0.6 is 11.3 Å². The summed E-state index contributed by atoms with van der Waals surface area (Å²) in [6.07, 6.45) is 4.32. The summed E-state index contributed by atoms with van der Waals surface area (Å²) >= 11 is 1.47. The average Bonchev–Trinajstić information content (AvgIpc) is 3.27. The maximum atomic E-state index is 12.8. The number of hydrogen-bond donors (Lipinski definition) is 1. The van der Waals surface area contributed by atoms with Crippen molar-refractivity contribution in [3.05, 3.63) is 34.6 Å². The Morgan fingerprint density at radius 1 is 1.38 bits per heavy atom. The highest BCUT2D eigenvalue weighted by molar-refractivity contribution is 7.14. The summed E-state index contributed by atoms with van der Waals surface area (Å²) in [6, 6.07) is 2.08. The number of piperidine rings is 1. The molecule has 0 radical (unpaired) electrons. The minimum absolute atomic E-state index is 0.179. The lowest BCUT2D eigenvalue weighted by atomic mass is 10.0. The van der Waals surface area contributed by atoms with E-state index in [0.29, 0.717) is 16.4 Å². The van der Waals surface area contributed by atoms with E-state index in [1.54, 1.807) is 6.20 Å². The summed E-state index contributed by atoms with van der Waals surface area (Å²) in [5.74, 6) is 0.564. The molecule has 1 fully saturated rings. The smallest absolute Gasteiger partial charge is 0.259 e. The summed E-state index contributed by atoms with van der Waals surface area (Å²) in [5, 5.41) is 10.9. The molecule has 7 nitrogen and oxygen atoms in total. The van der Waals surface area contributed by atoms with Gasteiger partial charge in [-0.05, 0) is 52.1 Å². The van der Waals surface area contributed by atoms with Crippen LogP contribution in [0.5, 0.6) is 0 Å². The molecule has 3 aromatic rings. The first kappa shape index (κ1) is 20.0. The molecule has 1 atom stereocenters. The molecule has 1 aliphatic heterocycles. The number of rotatable bonds is 5. The molecule has 1 saturated heterocycles. The van der Waals surface area contributed by atoms with Crippen LogP contribution in [0.15, 0.2) is 17.6 Å². The van der Waals surface area contributed by atoms with Crippen LogP contribution in [0.2, 0.25) is 0 Å². The highest BCUT2D eigenvalue weighted by atomic mass is 32.1. The van der Waals surface area contributed by atoms with Gasteiger partial charge >= 0.3 is 0 Å². The number of carbonyl (C=O) groups excluding carboxylic acids is 1. The number of nitrogens with zero attached hydrogens (tertiary/aromatic N) is 5. The number of aryl methyl sites for hydroxylation is 1. The minimum atomic E-state index is -0.179. The Morgan fingerprint density at radius 3 is 2.97 bits per heavy atom. The van der Waals surface area contributed by atoms with Gasteiger partial charge < -0.3 is 0 Å². The molecule has 1 N–H and O–H groups in total. The molecule has 8 heteroatoms. The molecule has 1 aliphatic rings. The number of carbonyl (C=O) groups is 1. The molecule has 1 amide bonds. The fourth-order valence-electron chi connectivity index (χ4n) is 3.93. The van der Waals surface area contributed by atoms with Gasteiger partial charge in [-0.25, -0.2) is 14.6 Å². The van der Waals surface area contributed by atoms with Crippen LogP contribution < -0.4 is 5.32 Å². The van der Waals surface area contributed by atoms with E-state index in [1.165, 1.54) is 24.2 Å². The molecule has 0 aromatic carbocycles. The van der Waals surface area contributed by atoms with Gasteiger partial charge in [0, 0.05) is 29.9 Å². The van der Waals surface area contributed by atoms with Crippen molar-refractivity contribution >= 4 is 33.4 Å². The predicted molar refractivity (Wildman–Crippen MR) is 116 cm³/mol. The second-order valence-corrected chi connectivity index (χ2v) is 9.16. The summed E-state index contributed by atoms with van der Waals surface area (Å²) < 4.78 is 1.87. The molecule has 0 unspecified atom stereocenters. The zero-order chi connectivity index (χ0) is 20.5. The van der Waals surface area contributed by atoms with Gasteiger partial charge in [-0.1, -0.05) is 6.92 Å². The summed E-state index contributed by atoms with van der Waals surface area (Å²) in [7, 11) is 0. The lowest BCUT2D eigenvalue weighted by Gasteiger charge is -2.30. The lowest BCUT2D eigenvalue weighted by molar-refractivity contribution is 0.102. The molecule has 0 spiro atoms. The molecule has 0 bridgehead atoms. The monoisotopic (exact) mass is 412 g/mol. The SMILES string of the molecule is Cc1nc2c(cnn2C(C)C)cc1C(=O)Nc1nc(CN2CCC[C@@H](C)C2)cs1. The number of fused-ring (bicyclic) bond motifs is 1. The van der Waals surface area contributed by atoms with E-state index in [-0.39, 0.29) is 11.9 Å². The maximum Gasteiger partial charge on any atom is 0.259 e. The van der Waals surface area contributed by atoms with Crippen LogP contribution in [-0.4, -0.2) is 43.6 Å². The van der Waals surface area contributed by atoms with Crippen molar-refractivity contribution in [2.24, 2.45) is 5.92 Å². The second-order valence-electron chi connectivity index (χ2n) is 8.30. The van der Waals surface area contributed by atoms with Crippen molar-refractivity contribution in [3.8, 4) is 0 Å². The summed E-state index contributed by atoms with van der Waals surface area (Å²) in [5.41, 5.74) is 3.07. The van der Waals surface area contributed by atoms with E-state index in [1.807, 2.05) is 23.1 Å². The molecule has 3 aromatic heterocycles. The number of thiazole rings is 1. The number of amides is 1. The number of likely N-dealkylation sites (tertiary alicyclic amines) is 1. The molecule has 4 rings (SSSR count). The van der Waals surface area contributed by atoms with E-state index in [4.69, 9.17) is 0 Å². The minimum Gasteiger partial charge on any atom is -0.298 e. The lowest BCUT2D eigenvalue weighted by Crippen LogP contribution is -2.33. The van der Waals surface area contributed by atoms with Crippen molar-refractivity contribution in [1.29, 1.82) is 0 Å². The van der Waals surface area contributed by atoms with E-state index in [0.717, 1.165) is 42.3 Å². The van der Waals surface area contributed by atoms with Crippen molar-refractivity contribution in [3.63, 3.8) is 0 Å². The topological polar surface area (TPSA) is 75.9 Å². The zero-order valence-corrected chi connectivity index (χ0v) is 18.3. The third-order valence-corrected chi connectivity index (χ3v) is 6.20. The van der Waals surface area contributed by atoms with Gasteiger partial charge in [0.25, 0.3) is 5.91 Å². The first-order chi connectivity index (χ1) is 13.9. The van der Waals surface area contributed by atoms with E-state index >= 15 is 0 Å². The Labute approximate surface area is 175 Å². The van der Waals surface area contributed by atoms with Crippen LogP contribution in [-0.2, 0) is 6.54 Å². The Balaban J connectivity index is 1.47. The van der Waals surface area contributed by atoms with E-state index < -0.39 is 0 Å². The van der Waals surface area contributed by atoms with Crippen LogP contribution in [0.25, 0.3) is 11.0 Å². The van der Waals surface area contributed by atoms with Crippen LogP contribution in [0.4, 0.5) is 5.13 Å². The molecule has 0 aliphatic carbocycles. The number of aromatic nitrogens is 4. The van der Waals surface area contributed by atoms with Gasteiger partial charge in [-0.2, -0.15) is 5.10 Å². The molecular weight excluding hydrogens is 384 g/mol. The quantitative estimate of drug-likeness (QED) is 0.678. The Kier molecular flexibility index (Phi) is 5.65. The molecule has 4 heterocycles. The van der Waals surface area contributed by atoms with Crippen LogP contribution in [0.3, 0.4) is 0 Å². The number of anilines is 1. The molecule has 0 saturated carbocycles. The van der Waals surface area contributed by atoms with E-state index in [9.17, 15) is 4.79 Å². The van der Waals surface area contributed by atoms with Gasteiger partial charge in [-0.3, -0.25) is 15.0 Å². The fourth-order valence-corrected chi connectivity index (χ4v) is 4.63.